The van der Waals surface area contributed by atoms with Crippen LogP contribution in [0.4, 0.5) is 10.1 Å². The highest BCUT2D eigenvalue weighted by Crippen LogP contribution is 2.27. The molecule has 0 bridgehead atoms. The smallest absolute Gasteiger partial charge is 0.244 e. The summed E-state index contributed by atoms with van der Waals surface area (Å²) in [5.74, 6) is -1.81. The lowest BCUT2D eigenvalue weighted by atomic mass is 10.0. The highest BCUT2D eigenvalue weighted by Gasteiger charge is 2.33. The molecule has 0 aliphatic carbocycles. The van der Waals surface area contributed by atoms with Gasteiger partial charge in [0.15, 0.2) is 0 Å². The van der Waals surface area contributed by atoms with E-state index in [1.165, 1.54) is 11.0 Å². The minimum Gasteiger partial charge on any atom is -0.355 e. The number of amides is 2. The van der Waals surface area contributed by atoms with Crippen LogP contribution in [-0.4, -0.2) is 50.5 Å². The molecule has 2 amide bonds. The van der Waals surface area contributed by atoms with Gasteiger partial charge in [0.1, 0.15) is 18.4 Å². The van der Waals surface area contributed by atoms with Crippen molar-refractivity contribution in [1.29, 1.82) is 0 Å². The Hall–Kier alpha value is -2.85. The zero-order chi connectivity index (χ0) is 28.7. The molecule has 0 fully saturated rings. The number of rotatable bonds is 11. The maximum absolute atomic E-state index is 13.9. The average Bonchev–Trinajstić information content (AvgIpc) is 2.88. The Morgan fingerprint density at radius 1 is 0.923 bits per heavy atom. The van der Waals surface area contributed by atoms with Gasteiger partial charge in [-0.15, -0.1) is 0 Å². The molecule has 3 rings (SSSR count). The number of anilines is 1. The molecule has 39 heavy (non-hydrogen) atoms. The summed E-state index contributed by atoms with van der Waals surface area (Å²) in [7, 11) is -4.01. The van der Waals surface area contributed by atoms with Crippen LogP contribution >= 0.6 is 34.8 Å². The number of carbonyl (C=O) groups is 2. The van der Waals surface area contributed by atoms with E-state index in [0.717, 1.165) is 28.3 Å². The van der Waals surface area contributed by atoms with Crippen LogP contribution in [0.25, 0.3) is 0 Å². The molecule has 0 aliphatic heterocycles. The summed E-state index contributed by atoms with van der Waals surface area (Å²) in [5.41, 5.74) is 1.38. The van der Waals surface area contributed by atoms with E-state index in [0.29, 0.717) is 17.1 Å². The first-order valence-electron chi connectivity index (χ1n) is 11.9. The number of nitrogens with one attached hydrogen (secondary N) is 1. The monoisotopic (exact) mass is 613 g/mol. The minimum atomic E-state index is -4.01. The van der Waals surface area contributed by atoms with Gasteiger partial charge in [-0.05, 0) is 48.4 Å². The molecule has 12 heteroatoms. The summed E-state index contributed by atoms with van der Waals surface area (Å²) in [6.45, 7) is 1.35. The van der Waals surface area contributed by atoms with Crippen LogP contribution in [0.5, 0.6) is 0 Å². The molecule has 208 valence electrons. The number of halogens is 4. The Bertz CT molecular complexity index is 1440. The fraction of sp³-hybridized carbons (Fsp3) is 0.259. The molecule has 3 aromatic carbocycles. The molecular weight excluding hydrogens is 588 g/mol. The summed E-state index contributed by atoms with van der Waals surface area (Å²) in [4.78, 5) is 28.5. The van der Waals surface area contributed by atoms with E-state index >= 15 is 0 Å². The molecule has 0 radical (unpaired) electrons. The predicted octanol–water partition coefficient (Wildman–Crippen LogP) is 5.33. The van der Waals surface area contributed by atoms with E-state index in [-0.39, 0.29) is 28.7 Å². The number of carbonyl (C=O) groups excluding carboxylic acids is 2. The van der Waals surface area contributed by atoms with E-state index in [2.05, 4.69) is 5.32 Å². The molecule has 0 aromatic heterocycles. The first kappa shape index (κ1) is 30.7. The van der Waals surface area contributed by atoms with E-state index in [4.69, 9.17) is 34.8 Å². The van der Waals surface area contributed by atoms with Gasteiger partial charge in [0, 0.05) is 19.5 Å². The van der Waals surface area contributed by atoms with Gasteiger partial charge in [0.05, 0.1) is 27.0 Å². The second-order valence-corrected chi connectivity index (χ2v) is 11.9. The van der Waals surface area contributed by atoms with Gasteiger partial charge < -0.3 is 10.2 Å². The topological polar surface area (TPSA) is 86.8 Å². The van der Waals surface area contributed by atoms with Crippen LogP contribution in [-0.2, 0) is 32.6 Å². The molecule has 3 aromatic rings. The Morgan fingerprint density at radius 3 is 2.21 bits per heavy atom. The highest BCUT2D eigenvalue weighted by atomic mass is 35.5. The normalized spacial score (nSPS) is 12.1. The largest absolute Gasteiger partial charge is 0.355 e. The Balaban J connectivity index is 2.07. The highest BCUT2D eigenvalue weighted by molar-refractivity contribution is 7.92. The number of sulfonamides is 1. The maximum atomic E-state index is 13.9. The van der Waals surface area contributed by atoms with Gasteiger partial charge in [-0.1, -0.05) is 71.2 Å². The van der Waals surface area contributed by atoms with E-state index in [1.807, 2.05) is 30.3 Å². The summed E-state index contributed by atoms with van der Waals surface area (Å²) < 4.78 is 40.1. The quantitative estimate of drug-likeness (QED) is 0.317. The van der Waals surface area contributed by atoms with Crippen molar-refractivity contribution in [3.8, 4) is 0 Å². The summed E-state index contributed by atoms with van der Waals surface area (Å²) >= 11 is 18.2. The second kappa shape index (κ2) is 13.5. The third-order valence-corrected chi connectivity index (χ3v) is 8.00. The van der Waals surface area contributed by atoms with Crippen molar-refractivity contribution in [2.24, 2.45) is 0 Å². The first-order chi connectivity index (χ1) is 18.4. The third kappa shape index (κ3) is 8.32. The molecular formula is C27H27Cl3FN3O4S. The molecule has 0 unspecified atom stereocenters. The molecule has 7 nitrogen and oxygen atoms in total. The van der Waals surface area contributed by atoms with E-state index < -0.39 is 40.2 Å². The molecule has 0 spiro atoms. The summed E-state index contributed by atoms with van der Waals surface area (Å²) in [5, 5.41) is 3.05. The number of hydrogen-bond acceptors (Lipinski definition) is 4. The number of nitrogens with zero attached hydrogens (tertiary/aromatic N) is 2. The molecule has 1 N–H and O–H groups in total. The number of likely N-dealkylation sites (N-methyl/N-ethyl adjacent to an activating group) is 1. The fourth-order valence-electron chi connectivity index (χ4n) is 3.93. The van der Waals surface area contributed by atoms with Crippen LogP contribution < -0.4 is 9.62 Å². The van der Waals surface area contributed by atoms with Crippen molar-refractivity contribution in [3.05, 3.63) is 98.7 Å². The lowest BCUT2D eigenvalue weighted by Gasteiger charge is -2.33. The van der Waals surface area contributed by atoms with Crippen molar-refractivity contribution in [3.63, 3.8) is 0 Å². The van der Waals surface area contributed by atoms with Gasteiger partial charge in [0.2, 0.25) is 21.8 Å². The van der Waals surface area contributed by atoms with Crippen molar-refractivity contribution < 1.29 is 22.4 Å². The second-order valence-electron chi connectivity index (χ2n) is 8.74. The lowest BCUT2D eigenvalue weighted by molar-refractivity contribution is -0.140. The van der Waals surface area contributed by atoms with E-state index in [1.54, 1.807) is 25.1 Å². The zero-order valence-electron chi connectivity index (χ0n) is 21.2. The average molecular weight is 615 g/mol. The van der Waals surface area contributed by atoms with Crippen LogP contribution in [0.1, 0.15) is 18.1 Å². The number of hydrogen-bond donors (Lipinski definition) is 1. The van der Waals surface area contributed by atoms with Gasteiger partial charge >= 0.3 is 0 Å². The summed E-state index contributed by atoms with van der Waals surface area (Å²) in [6.07, 6.45) is 1.09. The number of benzene rings is 3. The van der Waals surface area contributed by atoms with Gasteiger partial charge in [-0.3, -0.25) is 13.9 Å². The fourth-order valence-corrected chi connectivity index (χ4v) is 5.27. The van der Waals surface area contributed by atoms with Crippen LogP contribution in [0.3, 0.4) is 0 Å². The Kier molecular flexibility index (Phi) is 10.6. The van der Waals surface area contributed by atoms with Gasteiger partial charge in [-0.2, -0.15) is 0 Å². The van der Waals surface area contributed by atoms with Gasteiger partial charge in [0.25, 0.3) is 0 Å². The van der Waals surface area contributed by atoms with Gasteiger partial charge in [-0.25, -0.2) is 12.8 Å². The Morgan fingerprint density at radius 2 is 1.62 bits per heavy atom. The molecule has 0 saturated carbocycles. The third-order valence-electron chi connectivity index (χ3n) is 5.83. The van der Waals surface area contributed by atoms with Crippen LogP contribution in [0, 0.1) is 5.82 Å². The molecule has 0 heterocycles. The predicted molar refractivity (Wildman–Crippen MR) is 153 cm³/mol. The summed E-state index contributed by atoms with van der Waals surface area (Å²) in [6, 6.07) is 16.3. The molecule has 1 atom stereocenters. The van der Waals surface area contributed by atoms with Crippen molar-refractivity contribution in [1.82, 2.24) is 10.2 Å². The minimum absolute atomic E-state index is 0.00403. The van der Waals surface area contributed by atoms with Crippen molar-refractivity contribution in [2.75, 3.05) is 23.7 Å². The maximum Gasteiger partial charge on any atom is 0.244 e. The zero-order valence-corrected chi connectivity index (χ0v) is 24.3. The van der Waals surface area contributed by atoms with Crippen LogP contribution in [0.15, 0.2) is 66.7 Å². The first-order valence-corrected chi connectivity index (χ1v) is 14.9. The van der Waals surface area contributed by atoms with Crippen LogP contribution in [0.2, 0.25) is 15.1 Å². The lowest BCUT2D eigenvalue weighted by Crippen LogP contribution is -2.53. The van der Waals surface area contributed by atoms with E-state index in [9.17, 15) is 22.4 Å². The molecule has 0 aliphatic rings. The van der Waals surface area contributed by atoms with Crippen molar-refractivity contribution >= 4 is 62.3 Å². The molecule has 0 saturated heterocycles. The van der Waals surface area contributed by atoms with Crippen molar-refractivity contribution in [2.45, 2.75) is 25.9 Å². The standard InChI is InChI=1S/C27H27Cl3FN3O4S/c1-3-32-27(36)25(14-18-7-5-4-6-8-18)33(16-19-9-11-21(28)22(29)13-19)26(35)17-34(39(2,37)38)20-10-12-24(31)23(30)15-20/h4-13,15,25H,3,14,16-17H2,1-2H3,(H,32,36)/t25-/m1/s1. The Labute approximate surface area is 242 Å². The SMILES string of the molecule is CCNC(=O)[C@@H](Cc1ccccc1)N(Cc1ccc(Cl)c(Cl)c1)C(=O)CN(c1ccc(F)c(Cl)c1)S(C)(=O)=O.